The number of rotatable bonds is 4. The van der Waals surface area contributed by atoms with Crippen LogP contribution in [0.3, 0.4) is 0 Å². The second-order valence-corrected chi connectivity index (χ2v) is 5.29. The number of carboxylic acids is 1. The third-order valence-electron chi connectivity index (χ3n) is 2.85. The lowest BCUT2D eigenvalue weighted by molar-refractivity contribution is -0.133. The van der Waals surface area contributed by atoms with Gasteiger partial charge in [0.15, 0.2) is 16.7 Å². The molecule has 2 heterocycles. The lowest BCUT2D eigenvalue weighted by Crippen LogP contribution is -2.02. The minimum atomic E-state index is -0.895. The van der Waals surface area contributed by atoms with Gasteiger partial charge in [-0.05, 0) is 12.1 Å². The summed E-state index contributed by atoms with van der Waals surface area (Å²) in [7, 11) is 0. The van der Waals surface area contributed by atoms with E-state index in [4.69, 9.17) is 14.6 Å². The Hall–Kier alpha value is -2.22. The van der Waals surface area contributed by atoms with Crippen molar-refractivity contribution < 1.29 is 19.4 Å². The van der Waals surface area contributed by atoms with Gasteiger partial charge in [0, 0.05) is 12.5 Å². The summed E-state index contributed by atoms with van der Waals surface area (Å²) in [6.07, 6.45) is 2.39. The van der Waals surface area contributed by atoms with Gasteiger partial charge in [-0.3, -0.25) is 9.36 Å². The second-order valence-electron chi connectivity index (χ2n) is 4.35. The van der Waals surface area contributed by atoms with Crippen molar-refractivity contribution in [3.63, 3.8) is 0 Å². The summed E-state index contributed by atoms with van der Waals surface area (Å²) in [5.74, 6) is 0.425. The third kappa shape index (κ3) is 3.10. The summed E-state index contributed by atoms with van der Waals surface area (Å²) >= 11 is 1.12. The zero-order chi connectivity index (χ0) is 14.7. The zero-order valence-electron chi connectivity index (χ0n) is 11.1. The van der Waals surface area contributed by atoms with E-state index in [0.29, 0.717) is 29.9 Å². The quantitative estimate of drug-likeness (QED) is 0.859. The van der Waals surface area contributed by atoms with Gasteiger partial charge in [-0.2, -0.15) is 0 Å². The molecule has 110 valence electrons. The monoisotopic (exact) mass is 307 g/mol. The van der Waals surface area contributed by atoms with Crippen LogP contribution >= 0.6 is 11.8 Å². The van der Waals surface area contributed by atoms with Crippen LogP contribution in [0.2, 0.25) is 0 Å². The number of thioether (sulfide) groups is 1. The van der Waals surface area contributed by atoms with Gasteiger partial charge in [0.25, 0.3) is 0 Å². The second kappa shape index (κ2) is 6.04. The number of aliphatic carboxylic acids is 1. The topological polar surface area (TPSA) is 86.5 Å². The Morgan fingerprint density at radius 2 is 2.14 bits per heavy atom. The molecule has 2 aromatic rings. The van der Waals surface area contributed by atoms with Crippen molar-refractivity contribution in [2.75, 3.05) is 19.0 Å². The number of hydrogen-bond acceptors (Lipinski definition) is 6. The summed E-state index contributed by atoms with van der Waals surface area (Å²) < 4.78 is 13.0. The van der Waals surface area contributed by atoms with Gasteiger partial charge in [-0.1, -0.05) is 11.8 Å². The Balaban J connectivity index is 1.89. The number of ether oxygens (including phenoxy) is 2. The molecule has 0 amide bonds. The number of aromatic nitrogens is 3. The number of benzene rings is 1. The number of carbonyl (C=O) groups is 1. The molecule has 1 aliphatic heterocycles. The molecule has 0 radical (unpaired) electrons. The van der Waals surface area contributed by atoms with E-state index in [0.717, 1.165) is 23.9 Å². The van der Waals surface area contributed by atoms with Gasteiger partial charge >= 0.3 is 5.97 Å². The first-order valence-electron chi connectivity index (χ1n) is 6.38. The van der Waals surface area contributed by atoms with Crippen molar-refractivity contribution in [1.29, 1.82) is 0 Å². The fourth-order valence-corrected chi connectivity index (χ4v) is 2.58. The summed E-state index contributed by atoms with van der Waals surface area (Å²) in [4.78, 5) is 10.7. The zero-order valence-corrected chi connectivity index (χ0v) is 11.9. The average Bonchev–Trinajstić information content (AvgIpc) is 2.82. The normalized spacial score (nSPS) is 13.7. The minimum absolute atomic E-state index is 0.0662. The van der Waals surface area contributed by atoms with Crippen molar-refractivity contribution in [2.45, 2.75) is 11.6 Å². The Kier molecular flexibility index (Phi) is 3.96. The highest BCUT2D eigenvalue weighted by Crippen LogP contribution is 2.32. The number of hydrogen-bond donors (Lipinski definition) is 1. The maximum atomic E-state index is 10.7. The van der Waals surface area contributed by atoms with Gasteiger partial charge in [0.2, 0.25) is 0 Å². The molecule has 0 unspecified atom stereocenters. The molecule has 0 fully saturated rings. The van der Waals surface area contributed by atoms with Crippen molar-refractivity contribution in [2.24, 2.45) is 0 Å². The molecule has 7 nitrogen and oxygen atoms in total. The number of carboxylic acid groups (broad SMARTS) is 1. The van der Waals surface area contributed by atoms with Crippen LogP contribution in [0.25, 0.3) is 5.69 Å². The standard InChI is InChI=1S/C13H13N3O4S/c17-12(18)7-21-13-15-14-8-16(13)9-2-3-10-11(6-9)20-5-1-4-19-10/h2-3,6,8H,1,4-5,7H2,(H,17,18). The molecule has 21 heavy (non-hydrogen) atoms. The predicted octanol–water partition coefficient (Wildman–Crippen LogP) is 1.61. The van der Waals surface area contributed by atoms with Gasteiger partial charge in [-0.15, -0.1) is 10.2 Å². The summed E-state index contributed by atoms with van der Waals surface area (Å²) in [5, 5.41) is 17.0. The fourth-order valence-electron chi connectivity index (χ4n) is 1.93. The molecule has 3 rings (SSSR count). The Bertz CT molecular complexity index is 659. The van der Waals surface area contributed by atoms with E-state index in [9.17, 15) is 4.79 Å². The summed E-state index contributed by atoms with van der Waals surface area (Å²) in [6.45, 7) is 1.25. The molecular weight excluding hydrogens is 294 g/mol. The number of fused-ring (bicyclic) bond motifs is 1. The van der Waals surface area contributed by atoms with Gasteiger partial charge in [-0.25, -0.2) is 0 Å². The molecule has 8 heteroatoms. The molecule has 1 aliphatic rings. The fraction of sp³-hybridized carbons (Fsp3) is 0.308. The maximum absolute atomic E-state index is 10.7. The van der Waals surface area contributed by atoms with Crippen LogP contribution in [0.4, 0.5) is 0 Å². The molecule has 0 spiro atoms. The third-order valence-corrected chi connectivity index (χ3v) is 3.78. The molecule has 0 saturated heterocycles. The van der Waals surface area contributed by atoms with Crippen molar-refractivity contribution in [3.8, 4) is 17.2 Å². The SMILES string of the molecule is O=C(O)CSc1nncn1-c1ccc2c(c1)OCCCO2. The van der Waals surface area contributed by atoms with E-state index in [1.165, 1.54) is 0 Å². The summed E-state index contributed by atoms with van der Waals surface area (Å²) in [6, 6.07) is 5.54. The average molecular weight is 307 g/mol. The van der Waals surface area contributed by atoms with Gasteiger partial charge in [0.1, 0.15) is 6.33 Å². The lowest BCUT2D eigenvalue weighted by Gasteiger charge is -2.10. The highest BCUT2D eigenvalue weighted by molar-refractivity contribution is 7.99. The van der Waals surface area contributed by atoms with E-state index >= 15 is 0 Å². The molecule has 0 bridgehead atoms. The van der Waals surface area contributed by atoms with Crippen molar-refractivity contribution in [1.82, 2.24) is 14.8 Å². The Morgan fingerprint density at radius 1 is 1.33 bits per heavy atom. The van der Waals surface area contributed by atoms with E-state index in [2.05, 4.69) is 10.2 Å². The van der Waals surface area contributed by atoms with Crippen molar-refractivity contribution >= 4 is 17.7 Å². The molecule has 1 N–H and O–H groups in total. The molecular formula is C13H13N3O4S. The van der Waals surface area contributed by atoms with E-state index in [1.54, 1.807) is 10.9 Å². The van der Waals surface area contributed by atoms with Gasteiger partial charge < -0.3 is 14.6 Å². The first-order chi connectivity index (χ1) is 10.2. The molecule has 1 aromatic carbocycles. The Labute approximate surface area is 124 Å². The van der Waals surface area contributed by atoms with E-state index in [1.807, 2.05) is 18.2 Å². The smallest absolute Gasteiger partial charge is 0.313 e. The van der Waals surface area contributed by atoms with Crippen LogP contribution in [-0.4, -0.2) is 44.8 Å². The van der Waals surface area contributed by atoms with Crippen LogP contribution in [0.5, 0.6) is 11.5 Å². The lowest BCUT2D eigenvalue weighted by atomic mass is 10.2. The maximum Gasteiger partial charge on any atom is 0.313 e. The first-order valence-corrected chi connectivity index (χ1v) is 7.37. The predicted molar refractivity (Wildman–Crippen MR) is 75.3 cm³/mol. The van der Waals surface area contributed by atoms with Crippen LogP contribution in [0, 0.1) is 0 Å². The highest BCUT2D eigenvalue weighted by atomic mass is 32.2. The van der Waals surface area contributed by atoms with Gasteiger partial charge in [0.05, 0.1) is 24.7 Å². The van der Waals surface area contributed by atoms with Crippen LogP contribution in [0.15, 0.2) is 29.7 Å². The molecule has 0 aliphatic carbocycles. The van der Waals surface area contributed by atoms with Crippen LogP contribution in [-0.2, 0) is 4.79 Å². The molecule has 0 atom stereocenters. The Morgan fingerprint density at radius 3 is 2.95 bits per heavy atom. The van der Waals surface area contributed by atoms with E-state index in [-0.39, 0.29) is 5.75 Å². The van der Waals surface area contributed by atoms with Crippen molar-refractivity contribution in [3.05, 3.63) is 24.5 Å². The largest absolute Gasteiger partial charge is 0.490 e. The van der Waals surface area contributed by atoms with E-state index < -0.39 is 5.97 Å². The van der Waals surface area contributed by atoms with Crippen LogP contribution < -0.4 is 9.47 Å². The number of nitrogens with zero attached hydrogens (tertiary/aromatic N) is 3. The minimum Gasteiger partial charge on any atom is -0.490 e. The first kappa shape index (κ1) is 13.7. The highest BCUT2D eigenvalue weighted by Gasteiger charge is 2.14. The summed E-state index contributed by atoms with van der Waals surface area (Å²) in [5.41, 5.74) is 0.803. The molecule has 1 aromatic heterocycles. The molecule has 0 saturated carbocycles. The van der Waals surface area contributed by atoms with Crippen LogP contribution in [0.1, 0.15) is 6.42 Å².